The van der Waals surface area contributed by atoms with Crippen LogP contribution < -0.4 is 0 Å². The summed E-state index contributed by atoms with van der Waals surface area (Å²) in [6.07, 6.45) is 5.26. The van der Waals surface area contributed by atoms with Gasteiger partial charge in [-0.15, -0.1) is 6.42 Å². The lowest BCUT2D eigenvalue weighted by molar-refractivity contribution is 0.294. The topological polar surface area (TPSA) is 3.24 Å². The Labute approximate surface area is 90.7 Å². The quantitative estimate of drug-likeness (QED) is 0.689. The number of hydrogen-bond donors (Lipinski definition) is 0. The first-order valence-corrected chi connectivity index (χ1v) is 4.92. The maximum atomic E-state index is 5.81. The lowest BCUT2D eigenvalue weighted by Gasteiger charge is -2.22. The Morgan fingerprint density at radius 1 is 1.43 bits per heavy atom. The smallest absolute Gasteiger partial charge is 0.0601 e. The van der Waals surface area contributed by atoms with Gasteiger partial charge in [-0.25, -0.2) is 0 Å². The van der Waals surface area contributed by atoms with Crippen LogP contribution in [0.1, 0.15) is 18.5 Å². The van der Waals surface area contributed by atoms with E-state index in [2.05, 4.69) is 17.7 Å². The Morgan fingerprint density at radius 3 is 2.50 bits per heavy atom. The molecular weight excluding hydrogens is 194 g/mol. The van der Waals surface area contributed by atoms with Crippen molar-refractivity contribution >= 4 is 11.6 Å². The highest BCUT2D eigenvalue weighted by molar-refractivity contribution is 6.30. The molecule has 2 heteroatoms. The van der Waals surface area contributed by atoms with Crippen molar-refractivity contribution in [2.75, 3.05) is 13.6 Å². The molecule has 0 heterocycles. The van der Waals surface area contributed by atoms with Gasteiger partial charge in [0.05, 0.1) is 6.54 Å². The second-order valence-electron chi connectivity index (χ2n) is 3.35. The van der Waals surface area contributed by atoms with Gasteiger partial charge in [0, 0.05) is 11.1 Å². The van der Waals surface area contributed by atoms with Crippen molar-refractivity contribution < 1.29 is 0 Å². The summed E-state index contributed by atoms with van der Waals surface area (Å²) in [5.41, 5.74) is 1.23. The summed E-state index contributed by atoms with van der Waals surface area (Å²) < 4.78 is 0. The Hall–Kier alpha value is -0.970. The molecule has 0 N–H and O–H groups in total. The van der Waals surface area contributed by atoms with Crippen LogP contribution in [-0.2, 0) is 0 Å². The third kappa shape index (κ3) is 2.77. The summed E-state index contributed by atoms with van der Waals surface area (Å²) in [7, 11) is 2.01. The number of halogens is 1. The summed E-state index contributed by atoms with van der Waals surface area (Å²) in [5.74, 6) is 2.63. The molecule has 0 fully saturated rings. The molecule has 0 aliphatic heterocycles. The molecular formula is C12H14ClN. The molecule has 0 aromatic heterocycles. The maximum absolute atomic E-state index is 5.81. The fraction of sp³-hybridized carbons (Fsp3) is 0.333. The number of nitrogens with zero attached hydrogens (tertiary/aromatic N) is 1. The summed E-state index contributed by atoms with van der Waals surface area (Å²) in [5, 5.41) is 0.764. The SMILES string of the molecule is C#CCN(C)C(C)c1ccc(Cl)cc1. The molecule has 1 nitrogen and oxygen atoms in total. The molecule has 0 amide bonds. The monoisotopic (exact) mass is 207 g/mol. The second kappa shape index (κ2) is 5.05. The highest BCUT2D eigenvalue weighted by Gasteiger charge is 2.09. The molecule has 0 radical (unpaired) electrons. The van der Waals surface area contributed by atoms with Gasteiger partial charge < -0.3 is 0 Å². The third-order valence-electron chi connectivity index (χ3n) is 2.35. The zero-order valence-electron chi connectivity index (χ0n) is 8.50. The van der Waals surface area contributed by atoms with E-state index in [-0.39, 0.29) is 0 Å². The maximum Gasteiger partial charge on any atom is 0.0601 e. The highest BCUT2D eigenvalue weighted by atomic mass is 35.5. The van der Waals surface area contributed by atoms with Crippen LogP contribution >= 0.6 is 11.6 Å². The van der Waals surface area contributed by atoms with E-state index in [4.69, 9.17) is 18.0 Å². The first-order chi connectivity index (χ1) is 6.65. The molecule has 0 aliphatic rings. The molecule has 1 atom stereocenters. The molecule has 0 saturated carbocycles. The zero-order chi connectivity index (χ0) is 10.6. The number of hydrogen-bond acceptors (Lipinski definition) is 1. The molecule has 1 aromatic rings. The molecule has 14 heavy (non-hydrogen) atoms. The Morgan fingerprint density at radius 2 is 2.00 bits per heavy atom. The predicted molar refractivity (Wildman–Crippen MR) is 61.3 cm³/mol. The summed E-state index contributed by atoms with van der Waals surface area (Å²) in [6, 6.07) is 8.18. The van der Waals surface area contributed by atoms with E-state index in [0.717, 1.165) is 5.02 Å². The summed E-state index contributed by atoms with van der Waals surface area (Å²) in [4.78, 5) is 2.11. The standard InChI is InChI=1S/C12H14ClN/c1-4-9-14(3)10(2)11-5-7-12(13)8-6-11/h1,5-8,10H,9H2,2-3H3. The van der Waals surface area contributed by atoms with Crippen LogP contribution in [-0.4, -0.2) is 18.5 Å². The van der Waals surface area contributed by atoms with Gasteiger partial charge in [-0.2, -0.15) is 0 Å². The van der Waals surface area contributed by atoms with E-state index in [1.807, 2.05) is 31.3 Å². The molecule has 0 spiro atoms. The number of benzene rings is 1. The molecule has 1 rings (SSSR count). The van der Waals surface area contributed by atoms with Crippen LogP contribution in [0.15, 0.2) is 24.3 Å². The minimum Gasteiger partial charge on any atom is -0.289 e. The first kappa shape index (κ1) is 11.1. The van der Waals surface area contributed by atoms with E-state index in [0.29, 0.717) is 12.6 Å². The van der Waals surface area contributed by atoms with Crippen LogP contribution in [0.4, 0.5) is 0 Å². The molecule has 1 unspecified atom stereocenters. The van der Waals surface area contributed by atoms with Gasteiger partial charge in [0.1, 0.15) is 0 Å². The predicted octanol–water partition coefficient (Wildman–Crippen LogP) is 2.97. The Bertz CT molecular complexity index is 323. The second-order valence-corrected chi connectivity index (χ2v) is 3.78. The Kier molecular flexibility index (Phi) is 4.00. The van der Waals surface area contributed by atoms with E-state index < -0.39 is 0 Å². The average Bonchev–Trinajstić information content (AvgIpc) is 2.18. The van der Waals surface area contributed by atoms with Gasteiger partial charge in [0.2, 0.25) is 0 Å². The fourth-order valence-corrected chi connectivity index (χ4v) is 1.40. The molecule has 0 saturated heterocycles. The largest absolute Gasteiger partial charge is 0.289 e. The molecule has 0 aliphatic carbocycles. The van der Waals surface area contributed by atoms with Crippen molar-refractivity contribution in [3.8, 4) is 12.3 Å². The van der Waals surface area contributed by atoms with Crippen molar-refractivity contribution in [3.63, 3.8) is 0 Å². The lowest BCUT2D eigenvalue weighted by atomic mass is 10.1. The van der Waals surface area contributed by atoms with E-state index in [1.165, 1.54) is 5.56 Å². The molecule has 74 valence electrons. The third-order valence-corrected chi connectivity index (χ3v) is 2.61. The van der Waals surface area contributed by atoms with Gasteiger partial charge in [0.15, 0.2) is 0 Å². The summed E-state index contributed by atoms with van der Waals surface area (Å²) in [6.45, 7) is 2.78. The van der Waals surface area contributed by atoms with Gasteiger partial charge in [-0.3, -0.25) is 4.90 Å². The number of rotatable bonds is 3. The normalized spacial score (nSPS) is 12.5. The Balaban J connectivity index is 2.74. The van der Waals surface area contributed by atoms with Crippen molar-refractivity contribution in [1.82, 2.24) is 4.90 Å². The van der Waals surface area contributed by atoms with Gasteiger partial charge >= 0.3 is 0 Å². The van der Waals surface area contributed by atoms with Crippen LogP contribution in [0.2, 0.25) is 5.02 Å². The van der Waals surface area contributed by atoms with Crippen molar-refractivity contribution in [2.24, 2.45) is 0 Å². The first-order valence-electron chi connectivity index (χ1n) is 4.54. The molecule has 1 aromatic carbocycles. The van der Waals surface area contributed by atoms with Crippen molar-refractivity contribution in [3.05, 3.63) is 34.9 Å². The minimum atomic E-state index is 0.323. The van der Waals surface area contributed by atoms with E-state index >= 15 is 0 Å². The number of terminal acetylenes is 1. The van der Waals surface area contributed by atoms with Gasteiger partial charge in [-0.05, 0) is 31.7 Å². The fourth-order valence-electron chi connectivity index (χ4n) is 1.28. The van der Waals surface area contributed by atoms with Crippen LogP contribution in [0, 0.1) is 12.3 Å². The lowest BCUT2D eigenvalue weighted by Crippen LogP contribution is -2.22. The van der Waals surface area contributed by atoms with Gasteiger partial charge in [0.25, 0.3) is 0 Å². The molecule has 0 bridgehead atoms. The van der Waals surface area contributed by atoms with Gasteiger partial charge in [-0.1, -0.05) is 29.7 Å². The highest BCUT2D eigenvalue weighted by Crippen LogP contribution is 2.20. The van der Waals surface area contributed by atoms with Crippen LogP contribution in [0.5, 0.6) is 0 Å². The zero-order valence-corrected chi connectivity index (χ0v) is 9.25. The minimum absolute atomic E-state index is 0.323. The van der Waals surface area contributed by atoms with Crippen molar-refractivity contribution in [1.29, 1.82) is 0 Å². The van der Waals surface area contributed by atoms with Crippen LogP contribution in [0.25, 0.3) is 0 Å². The van der Waals surface area contributed by atoms with Crippen LogP contribution in [0.3, 0.4) is 0 Å². The van der Waals surface area contributed by atoms with Crippen molar-refractivity contribution in [2.45, 2.75) is 13.0 Å². The average molecular weight is 208 g/mol. The summed E-state index contributed by atoms with van der Waals surface area (Å²) >= 11 is 5.81. The van der Waals surface area contributed by atoms with E-state index in [1.54, 1.807) is 0 Å². The van der Waals surface area contributed by atoms with E-state index in [9.17, 15) is 0 Å².